The van der Waals surface area contributed by atoms with Crippen molar-refractivity contribution in [2.45, 2.75) is 124 Å². The minimum absolute atomic E-state index is 0.221. The summed E-state index contributed by atoms with van der Waals surface area (Å²) in [6.45, 7) is 28.3. The van der Waals surface area contributed by atoms with Crippen molar-refractivity contribution in [3.8, 4) is 0 Å². The minimum atomic E-state index is -1.88. The second kappa shape index (κ2) is 10.6. The second-order valence-corrected chi connectivity index (χ2v) is 15.9. The molecule has 2 aromatic carbocycles. The molecular formula is C35H56O4. The number of hydrogen-bond donors (Lipinski definition) is 4. The first-order chi connectivity index (χ1) is 17.4. The third-order valence-electron chi connectivity index (χ3n) is 8.56. The van der Waals surface area contributed by atoms with E-state index in [0.717, 1.165) is 22.3 Å². The monoisotopic (exact) mass is 540 g/mol. The molecular weight excluding hydrogens is 484 g/mol. The lowest BCUT2D eigenvalue weighted by molar-refractivity contribution is -0.136. The van der Waals surface area contributed by atoms with Crippen LogP contribution in [0.3, 0.4) is 0 Å². The third kappa shape index (κ3) is 6.00. The van der Waals surface area contributed by atoms with Gasteiger partial charge in [-0.3, -0.25) is 0 Å². The van der Waals surface area contributed by atoms with Gasteiger partial charge >= 0.3 is 0 Å². The van der Waals surface area contributed by atoms with Crippen molar-refractivity contribution >= 4 is 0 Å². The molecule has 2 aromatic rings. The Morgan fingerprint density at radius 1 is 0.462 bits per heavy atom. The standard InChI is InChI=1S/C35H56O4/c1-22-26(30(3,4)5)15-24(16-27(22)31(6,7)8)35(39,34(19-36,20-37)21-38)25-17-28(32(9,10)11)23(2)29(18-25)33(12,13)14/h15-18,36-39H,19-21H2,1-14H3. The number of hydrogen-bond acceptors (Lipinski definition) is 4. The Balaban J connectivity index is 3.30. The fraction of sp³-hybridized carbons (Fsp3) is 0.657. The van der Waals surface area contributed by atoms with Gasteiger partial charge in [-0.05, 0) is 80.0 Å². The molecule has 220 valence electrons. The fourth-order valence-corrected chi connectivity index (χ4v) is 6.23. The van der Waals surface area contributed by atoms with Gasteiger partial charge in [0.2, 0.25) is 0 Å². The molecule has 0 bridgehead atoms. The topological polar surface area (TPSA) is 80.9 Å². The summed E-state index contributed by atoms with van der Waals surface area (Å²) >= 11 is 0. The van der Waals surface area contributed by atoms with E-state index in [4.69, 9.17) is 0 Å². The highest BCUT2D eigenvalue weighted by Gasteiger charge is 2.53. The summed E-state index contributed by atoms with van der Waals surface area (Å²) < 4.78 is 0. The molecule has 0 fully saturated rings. The zero-order valence-corrected chi connectivity index (χ0v) is 27.2. The molecule has 0 spiro atoms. The van der Waals surface area contributed by atoms with Gasteiger partial charge in [-0.15, -0.1) is 0 Å². The van der Waals surface area contributed by atoms with E-state index in [9.17, 15) is 20.4 Å². The predicted octanol–water partition coefficient (Wildman–Crippen LogP) is 6.69. The van der Waals surface area contributed by atoms with Crippen LogP contribution in [0.5, 0.6) is 0 Å². The molecule has 0 amide bonds. The van der Waals surface area contributed by atoms with E-state index < -0.39 is 30.8 Å². The van der Waals surface area contributed by atoms with Gasteiger partial charge in [0, 0.05) is 0 Å². The van der Waals surface area contributed by atoms with Crippen molar-refractivity contribution < 1.29 is 20.4 Å². The van der Waals surface area contributed by atoms with Crippen molar-refractivity contribution in [3.05, 3.63) is 68.8 Å². The van der Waals surface area contributed by atoms with E-state index in [1.165, 1.54) is 11.1 Å². The van der Waals surface area contributed by atoms with Gasteiger partial charge in [0.15, 0.2) is 0 Å². The van der Waals surface area contributed by atoms with E-state index in [2.05, 4.69) is 96.9 Å². The van der Waals surface area contributed by atoms with Crippen LogP contribution in [0.25, 0.3) is 0 Å². The molecule has 0 saturated carbocycles. The lowest BCUT2D eigenvalue weighted by atomic mass is 9.62. The van der Waals surface area contributed by atoms with Gasteiger partial charge < -0.3 is 20.4 Å². The quantitative estimate of drug-likeness (QED) is 0.329. The van der Waals surface area contributed by atoms with Crippen LogP contribution >= 0.6 is 0 Å². The van der Waals surface area contributed by atoms with Crippen molar-refractivity contribution in [1.82, 2.24) is 0 Å². The first kappa shape index (κ1) is 33.5. The van der Waals surface area contributed by atoms with Crippen LogP contribution in [-0.4, -0.2) is 40.2 Å². The number of aliphatic hydroxyl groups excluding tert-OH is 3. The van der Waals surface area contributed by atoms with Crippen LogP contribution in [0.2, 0.25) is 0 Å². The van der Waals surface area contributed by atoms with E-state index in [0.29, 0.717) is 11.1 Å². The predicted molar refractivity (Wildman–Crippen MR) is 164 cm³/mol. The van der Waals surface area contributed by atoms with Crippen molar-refractivity contribution in [1.29, 1.82) is 0 Å². The van der Waals surface area contributed by atoms with Crippen LogP contribution in [0.15, 0.2) is 24.3 Å². The molecule has 0 heterocycles. The summed E-state index contributed by atoms with van der Waals surface area (Å²) in [6.07, 6.45) is 0. The number of rotatable bonds is 6. The van der Waals surface area contributed by atoms with E-state index in [-0.39, 0.29) is 21.7 Å². The van der Waals surface area contributed by atoms with Gasteiger partial charge in [0.1, 0.15) is 5.60 Å². The van der Waals surface area contributed by atoms with E-state index in [1.807, 2.05) is 24.3 Å². The molecule has 4 nitrogen and oxygen atoms in total. The van der Waals surface area contributed by atoms with Crippen LogP contribution in [0, 0.1) is 19.3 Å². The van der Waals surface area contributed by atoms with Gasteiger partial charge in [0.05, 0.1) is 25.2 Å². The molecule has 4 N–H and O–H groups in total. The number of benzene rings is 2. The molecule has 0 aromatic heterocycles. The maximum atomic E-state index is 13.1. The molecule has 2 rings (SSSR count). The zero-order chi connectivity index (χ0) is 30.6. The molecule has 0 aliphatic carbocycles. The molecule has 0 saturated heterocycles. The maximum absolute atomic E-state index is 13.1. The van der Waals surface area contributed by atoms with Gasteiger partial charge in [0.25, 0.3) is 0 Å². The minimum Gasteiger partial charge on any atom is -0.395 e. The summed E-state index contributed by atoms with van der Waals surface area (Å²) in [5, 5.41) is 45.5. The number of aliphatic hydroxyl groups is 4. The van der Waals surface area contributed by atoms with Crippen LogP contribution < -0.4 is 0 Å². The summed E-state index contributed by atoms with van der Waals surface area (Å²) in [7, 11) is 0. The Labute approximate surface area is 238 Å². The second-order valence-electron chi connectivity index (χ2n) is 15.9. The Hall–Kier alpha value is -1.72. The summed E-state index contributed by atoms with van der Waals surface area (Å²) in [6, 6.07) is 8.09. The lowest BCUT2D eigenvalue weighted by Gasteiger charge is -2.47. The lowest BCUT2D eigenvalue weighted by Crippen LogP contribution is -2.54. The van der Waals surface area contributed by atoms with E-state index in [1.54, 1.807) is 0 Å². The first-order valence-electron chi connectivity index (χ1n) is 14.3. The van der Waals surface area contributed by atoms with Gasteiger partial charge in [-0.1, -0.05) is 107 Å². The average Bonchev–Trinajstić information content (AvgIpc) is 2.77. The third-order valence-corrected chi connectivity index (χ3v) is 8.56. The highest BCUT2D eigenvalue weighted by atomic mass is 16.3. The molecule has 0 radical (unpaired) electrons. The molecule has 0 unspecified atom stereocenters. The summed E-state index contributed by atoms with van der Waals surface area (Å²) in [4.78, 5) is 0. The summed E-state index contributed by atoms with van der Waals surface area (Å²) in [5.41, 5.74) is 3.43. The normalized spacial score (nSPS) is 14.2. The van der Waals surface area contributed by atoms with Crippen LogP contribution in [0.1, 0.15) is 128 Å². The van der Waals surface area contributed by atoms with E-state index >= 15 is 0 Å². The molecule has 0 aliphatic heterocycles. The van der Waals surface area contributed by atoms with Crippen LogP contribution in [-0.2, 0) is 27.3 Å². The molecule has 4 heteroatoms. The smallest absolute Gasteiger partial charge is 0.127 e. The highest BCUT2D eigenvalue weighted by Crippen LogP contribution is 2.50. The Bertz CT molecular complexity index is 1010. The van der Waals surface area contributed by atoms with Crippen molar-refractivity contribution in [2.75, 3.05) is 19.8 Å². The highest BCUT2D eigenvalue weighted by molar-refractivity contribution is 5.54. The SMILES string of the molecule is Cc1c(C(C)(C)C)cc(C(O)(c2cc(C(C)(C)C)c(C)c(C(C)(C)C)c2)C(CO)(CO)CO)cc1C(C)(C)C. The summed E-state index contributed by atoms with van der Waals surface area (Å²) in [5.74, 6) is 0. The maximum Gasteiger partial charge on any atom is 0.127 e. The van der Waals surface area contributed by atoms with Crippen molar-refractivity contribution in [3.63, 3.8) is 0 Å². The Morgan fingerprint density at radius 3 is 0.821 bits per heavy atom. The fourth-order valence-electron chi connectivity index (χ4n) is 6.23. The first-order valence-corrected chi connectivity index (χ1v) is 14.3. The van der Waals surface area contributed by atoms with Crippen molar-refractivity contribution in [2.24, 2.45) is 5.41 Å². The van der Waals surface area contributed by atoms with Gasteiger partial charge in [-0.2, -0.15) is 0 Å². The average molecular weight is 541 g/mol. The Morgan fingerprint density at radius 2 is 0.667 bits per heavy atom. The molecule has 0 atom stereocenters. The largest absolute Gasteiger partial charge is 0.395 e. The molecule has 0 aliphatic rings. The van der Waals surface area contributed by atoms with Gasteiger partial charge in [-0.25, -0.2) is 0 Å². The molecule has 39 heavy (non-hydrogen) atoms. The van der Waals surface area contributed by atoms with Crippen LogP contribution in [0.4, 0.5) is 0 Å². The Kier molecular flexibility index (Phi) is 9.10. The zero-order valence-electron chi connectivity index (χ0n) is 27.2.